The van der Waals surface area contributed by atoms with E-state index in [1.54, 1.807) is 30.3 Å². The van der Waals surface area contributed by atoms with Gasteiger partial charge >= 0.3 is 0 Å². The topological polar surface area (TPSA) is 109 Å². The van der Waals surface area contributed by atoms with Gasteiger partial charge in [-0.1, -0.05) is 25.5 Å². The molecule has 0 bridgehead atoms. The first kappa shape index (κ1) is 25.3. The van der Waals surface area contributed by atoms with Gasteiger partial charge in [-0.25, -0.2) is 8.42 Å². The number of nitrogens with zero attached hydrogens (tertiary/aromatic N) is 2. The predicted octanol–water partition coefficient (Wildman–Crippen LogP) is 4.20. The Morgan fingerprint density at radius 3 is 2.59 bits per heavy atom. The molecule has 1 saturated heterocycles. The van der Waals surface area contributed by atoms with Crippen LogP contribution in [0.5, 0.6) is 11.5 Å². The van der Waals surface area contributed by atoms with Crippen molar-refractivity contribution in [3.8, 4) is 17.6 Å². The number of anilines is 1. The molecular formula is C25H29N3O5S. The zero-order chi connectivity index (χ0) is 24.6. The smallest absolute Gasteiger partial charge is 0.266 e. The highest BCUT2D eigenvalue weighted by Gasteiger charge is 2.26. The van der Waals surface area contributed by atoms with Gasteiger partial charge in [-0.05, 0) is 61.2 Å². The van der Waals surface area contributed by atoms with E-state index in [1.807, 2.05) is 13.0 Å². The number of hydrogen-bond donors (Lipinski definition) is 1. The number of nitriles is 1. The monoisotopic (exact) mass is 483 g/mol. The van der Waals surface area contributed by atoms with Gasteiger partial charge in [-0.15, -0.1) is 0 Å². The van der Waals surface area contributed by atoms with Gasteiger partial charge in [0.1, 0.15) is 11.6 Å². The highest BCUT2D eigenvalue weighted by molar-refractivity contribution is 7.89. The minimum absolute atomic E-state index is 0.113. The van der Waals surface area contributed by atoms with E-state index in [2.05, 4.69) is 5.32 Å². The molecule has 34 heavy (non-hydrogen) atoms. The molecule has 1 aliphatic heterocycles. The number of methoxy groups -OCH3 is 1. The quantitative estimate of drug-likeness (QED) is 0.423. The minimum Gasteiger partial charge on any atom is -0.493 e. The minimum atomic E-state index is -3.64. The molecule has 8 nitrogen and oxygen atoms in total. The lowest BCUT2D eigenvalue weighted by Gasteiger charge is -2.26. The third-order valence-electron chi connectivity index (χ3n) is 5.37. The van der Waals surface area contributed by atoms with Crippen molar-refractivity contribution in [3.63, 3.8) is 0 Å². The summed E-state index contributed by atoms with van der Waals surface area (Å²) >= 11 is 0. The average Bonchev–Trinajstić information content (AvgIpc) is 2.86. The number of piperidine rings is 1. The van der Waals surface area contributed by atoms with Crippen molar-refractivity contribution in [2.75, 3.05) is 32.1 Å². The molecule has 0 radical (unpaired) electrons. The summed E-state index contributed by atoms with van der Waals surface area (Å²) in [6, 6.07) is 13.1. The maximum Gasteiger partial charge on any atom is 0.266 e. The van der Waals surface area contributed by atoms with Crippen LogP contribution in [0, 0.1) is 11.3 Å². The fraction of sp³-hybridized carbons (Fsp3) is 0.360. The number of hydrogen-bond acceptors (Lipinski definition) is 6. The van der Waals surface area contributed by atoms with Crippen LogP contribution in [0.4, 0.5) is 5.69 Å². The van der Waals surface area contributed by atoms with Crippen LogP contribution < -0.4 is 14.8 Å². The van der Waals surface area contributed by atoms with E-state index in [0.29, 0.717) is 42.4 Å². The second kappa shape index (κ2) is 11.7. The third kappa shape index (κ3) is 6.16. The Morgan fingerprint density at radius 2 is 1.91 bits per heavy atom. The molecule has 1 amide bonds. The Kier molecular flexibility index (Phi) is 8.68. The molecule has 0 unspecified atom stereocenters. The van der Waals surface area contributed by atoms with Crippen LogP contribution in [-0.2, 0) is 14.8 Å². The maximum absolute atomic E-state index is 12.9. The normalized spacial score (nSPS) is 14.8. The lowest BCUT2D eigenvalue weighted by Crippen LogP contribution is -2.35. The fourth-order valence-corrected chi connectivity index (χ4v) is 5.17. The Balaban J connectivity index is 1.80. The molecule has 1 aliphatic rings. The van der Waals surface area contributed by atoms with Crippen LogP contribution >= 0.6 is 0 Å². The molecule has 2 aromatic carbocycles. The van der Waals surface area contributed by atoms with E-state index < -0.39 is 15.9 Å². The fourth-order valence-electron chi connectivity index (χ4n) is 3.61. The van der Waals surface area contributed by atoms with Crippen LogP contribution in [-0.4, -0.2) is 45.4 Å². The summed E-state index contributed by atoms with van der Waals surface area (Å²) in [7, 11) is -2.10. The summed E-state index contributed by atoms with van der Waals surface area (Å²) in [5.74, 6) is 0.438. The van der Waals surface area contributed by atoms with E-state index in [9.17, 15) is 18.5 Å². The SMILES string of the molecule is CCCOc1cc(/C=C(\C#N)C(=O)Nc2cccc(S(=O)(=O)N3CCCCC3)c2)ccc1OC. The van der Waals surface area contributed by atoms with E-state index >= 15 is 0 Å². The van der Waals surface area contributed by atoms with Gasteiger partial charge in [-0.3, -0.25) is 4.79 Å². The van der Waals surface area contributed by atoms with E-state index in [4.69, 9.17) is 9.47 Å². The molecule has 2 aromatic rings. The van der Waals surface area contributed by atoms with E-state index in [1.165, 1.54) is 29.6 Å². The van der Waals surface area contributed by atoms with Crippen molar-refractivity contribution in [2.24, 2.45) is 0 Å². The third-order valence-corrected chi connectivity index (χ3v) is 7.26. The lowest BCUT2D eigenvalue weighted by molar-refractivity contribution is -0.112. The first-order valence-corrected chi connectivity index (χ1v) is 12.7. The maximum atomic E-state index is 12.9. The van der Waals surface area contributed by atoms with Gasteiger partial charge in [0.15, 0.2) is 11.5 Å². The number of carbonyl (C=O) groups is 1. The number of rotatable bonds is 9. The molecule has 1 fully saturated rings. The van der Waals surface area contributed by atoms with Gasteiger partial charge in [0.05, 0.1) is 18.6 Å². The van der Waals surface area contributed by atoms with Crippen LogP contribution in [0.2, 0.25) is 0 Å². The predicted molar refractivity (Wildman–Crippen MR) is 130 cm³/mol. The summed E-state index contributed by atoms with van der Waals surface area (Å²) in [5, 5.41) is 12.2. The van der Waals surface area contributed by atoms with Crippen molar-refractivity contribution >= 4 is 27.7 Å². The average molecular weight is 484 g/mol. The van der Waals surface area contributed by atoms with Crippen molar-refractivity contribution in [3.05, 3.63) is 53.6 Å². The van der Waals surface area contributed by atoms with Crippen LogP contribution in [0.3, 0.4) is 0 Å². The van der Waals surface area contributed by atoms with Gasteiger partial charge in [-0.2, -0.15) is 9.57 Å². The molecule has 3 rings (SSSR count). The highest BCUT2D eigenvalue weighted by atomic mass is 32.2. The second-order valence-electron chi connectivity index (χ2n) is 7.88. The highest BCUT2D eigenvalue weighted by Crippen LogP contribution is 2.29. The second-order valence-corrected chi connectivity index (χ2v) is 9.81. The molecule has 0 aliphatic carbocycles. The molecule has 9 heteroatoms. The number of ether oxygens (including phenoxy) is 2. The molecule has 0 atom stereocenters. The molecule has 0 spiro atoms. The number of nitrogens with one attached hydrogen (secondary N) is 1. The van der Waals surface area contributed by atoms with Crippen molar-refractivity contribution < 1.29 is 22.7 Å². The summed E-state index contributed by atoms with van der Waals surface area (Å²) in [6.45, 7) is 3.48. The summed E-state index contributed by atoms with van der Waals surface area (Å²) in [4.78, 5) is 12.9. The number of amides is 1. The zero-order valence-corrected chi connectivity index (χ0v) is 20.2. The van der Waals surface area contributed by atoms with Crippen molar-refractivity contribution in [2.45, 2.75) is 37.5 Å². The lowest BCUT2D eigenvalue weighted by atomic mass is 10.1. The van der Waals surface area contributed by atoms with Crippen molar-refractivity contribution in [1.29, 1.82) is 5.26 Å². The van der Waals surface area contributed by atoms with E-state index in [-0.39, 0.29) is 10.5 Å². The summed E-state index contributed by atoms with van der Waals surface area (Å²) in [6.07, 6.45) is 4.96. The molecule has 180 valence electrons. The zero-order valence-electron chi connectivity index (χ0n) is 19.4. The van der Waals surface area contributed by atoms with Gasteiger partial charge < -0.3 is 14.8 Å². The van der Waals surface area contributed by atoms with E-state index in [0.717, 1.165) is 25.7 Å². The van der Waals surface area contributed by atoms with Crippen LogP contribution in [0.1, 0.15) is 38.2 Å². The molecule has 1 N–H and O–H groups in total. The van der Waals surface area contributed by atoms with Crippen LogP contribution in [0.25, 0.3) is 6.08 Å². The Bertz CT molecular complexity index is 1200. The summed E-state index contributed by atoms with van der Waals surface area (Å²) in [5.41, 5.74) is 0.766. The number of benzene rings is 2. The number of carbonyl (C=O) groups excluding carboxylic acids is 1. The molecule has 0 aromatic heterocycles. The summed E-state index contributed by atoms with van der Waals surface area (Å²) < 4.78 is 38.3. The first-order chi connectivity index (χ1) is 16.4. The standard InChI is InChI=1S/C25H29N3O5S/c1-3-14-33-24-16-19(10-11-23(24)32-2)15-20(18-26)25(29)27-21-8-7-9-22(17-21)34(30,31)28-12-5-4-6-13-28/h7-11,15-17H,3-6,12-14H2,1-2H3,(H,27,29)/b20-15+. The van der Waals surface area contributed by atoms with Gasteiger partial charge in [0.2, 0.25) is 10.0 Å². The Hall–Kier alpha value is -3.35. The van der Waals surface area contributed by atoms with Crippen LogP contribution in [0.15, 0.2) is 52.9 Å². The van der Waals surface area contributed by atoms with Crippen molar-refractivity contribution in [1.82, 2.24) is 4.31 Å². The number of sulfonamides is 1. The molecule has 0 saturated carbocycles. The Morgan fingerprint density at radius 1 is 1.15 bits per heavy atom. The van der Waals surface area contributed by atoms with Gasteiger partial charge in [0.25, 0.3) is 5.91 Å². The largest absolute Gasteiger partial charge is 0.493 e. The first-order valence-electron chi connectivity index (χ1n) is 11.2. The Labute approximate surface area is 200 Å². The van der Waals surface area contributed by atoms with Gasteiger partial charge in [0, 0.05) is 18.8 Å². The molecule has 1 heterocycles. The molecular weight excluding hydrogens is 454 g/mol.